The summed E-state index contributed by atoms with van der Waals surface area (Å²) in [6, 6.07) is 5.36. The second-order valence-electron chi connectivity index (χ2n) is 6.03. The summed E-state index contributed by atoms with van der Waals surface area (Å²) in [5, 5.41) is 4.06. The van der Waals surface area contributed by atoms with Gasteiger partial charge in [-0.2, -0.15) is 0 Å². The number of ether oxygens (including phenoxy) is 2. The van der Waals surface area contributed by atoms with Gasteiger partial charge in [0.2, 0.25) is 0 Å². The molecule has 0 saturated heterocycles. The van der Waals surface area contributed by atoms with Crippen LogP contribution < -0.4 is 10.1 Å². The number of nitrogens with zero attached hydrogens (tertiary/aromatic N) is 1. The Labute approximate surface area is 162 Å². The Morgan fingerprint density at radius 1 is 1.38 bits per heavy atom. The zero-order chi connectivity index (χ0) is 19.3. The lowest BCUT2D eigenvalue weighted by molar-refractivity contribution is -0.149. The molecule has 1 N–H and O–H groups in total. The van der Waals surface area contributed by atoms with Gasteiger partial charge in [-0.3, -0.25) is 9.78 Å². The van der Waals surface area contributed by atoms with E-state index in [1.165, 1.54) is 7.11 Å². The van der Waals surface area contributed by atoms with Gasteiger partial charge in [0.15, 0.2) is 0 Å². The van der Waals surface area contributed by atoms with Crippen LogP contribution in [0.25, 0.3) is 10.9 Å². The predicted molar refractivity (Wildman–Crippen MR) is 106 cm³/mol. The highest BCUT2D eigenvalue weighted by molar-refractivity contribution is 7.98. The molecule has 0 saturated carbocycles. The lowest BCUT2D eigenvalue weighted by Gasteiger charge is -2.24. The molecule has 1 amide bonds. The van der Waals surface area contributed by atoms with Crippen LogP contribution in [0.3, 0.4) is 0 Å². The SMILES string of the molecule is CC#CC(C)(C)NC(=O)C(OC)Oc1cc(Cl)c2ncc(SC)cc2c1. The molecule has 0 fully saturated rings. The summed E-state index contributed by atoms with van der Waals surface area (Å²) in [6.07, 6.45) is 2.61. The Kier molecular flexibility index (Phi) is 6.76. The van der Waals surface area contributed by atoms with Crippen LogP contribution in [0.2, 0.25) is 5.02 Å². The zero-order valence-corrected chi connectivity index (χ0v) is 16.9. The molecule has 1 heterocycles. The van der Waals surface area contributed by atoms with Gasteiger partial charge in [0.25, 0.3) is 12.2 Å². The van der Waals surface area contributed by atoms with Crippen molar-refractivity contribution >= 4 is 40.2 Å². The maximum atomic E-state index is 12.4. The van der Waals surface area contributed by atoms with Crippen LogP contribution in [0.15, 0.2) is 29.3 Å². The van der Waals surface area contributed by atoms with Gasteiger partial charge in [0.1, 0.15) is 5.75 Å². The van der Waals surface area contributed by atoms with Crippen molar-refractivity contribution in [3.63, 3.8) is 0 Å². The molecule has 138 valence electrons. The van der Waals surface area contributed by atoms with Crippen molar-refractivity contribution in [1.29, 1.82) is 0 Å². The fourth-order valence-electron chi connectivity index (χ4n) is 2.38. The van der Waals surface area contributed by atoms with E-state index in [-0.39, 0.29) is 0 Å². The molecule has 26 heavy (non-hydrogen) atoms. The zero-order valence-electron chi connectivity index (χ0n) is 15.3. The molecule has 1 aromatic carbocycles. The maximum Gasteiger partial charge on any atom is 0.290 e. The third-order valence-corrected chi connectivity index (χ3v) is 4.45. The van der Waals surface area contributed by atoms with Crippen molar-refractivity contribution in [2.45, 2.75) is 37.5 Å². The van der Waals surface area contributed by atoms with Crippen molar-refractivity contribution in [2.75, 3.05) is 13.4 Å². The molecule has 0 spiro atoms. The first-order chi connectivity index (χ1) is 12.3. The fraction of sp³-hybridized carbons (Fsp3) is 0.368. The Hall–Kier alpha value is -1.94. The molecule has 2 aromatic rings. The minimum absolute atomic E-state index is 0.420. The first-order valence-electron chi connectivity index (χ1n) is 7.88. The van der Waals surface area contributed by atoms with E-state index in [0.29, 0.717) is 16.3 Å². The van der Waals surface area contributed by atoms with Crippen LogP contribution in [-0.2, 0) is 9.53 Å². The third kappa shape index (κ3) is 5.04. The Morgan fingerprint density at radius 3 is 2.73 bits per heavy atom. The second-order valence-corrected chi connectivity index (χ2v) is 7.31. The van der Waals surface area contributed by atoms with Crippen LogP contribution >= 0.6 is 23.4 Å². The van der Waals surface area contributed by atoms with Gasteiger partial charge in [-0.25, -0.2) is 0 Å². The molecule has 0 aliphatic carbocycles. The lowest BCUT2D eigenvalue weighted by atomic mass is 10.1. The fourth-order valence-corrected chi connectivity index (χ4v) is 3.05. The number of hydrogen-bond donors (Lipinski definition) is 1. The summed E-state index contributed by atoms with van der Waals surface area (Å²) >= 11 is 7.88. The van der Waals surface area contributed by atoms with E-state index in [4.69, 9.17) is 21.1 Å². The summed E-state index contributed by atoms with van der Waals surface area (Å²) in [4.78, 5) is 17.8. The Morgan fingerprint density at radius 2 is 2.12 bits per heavy atom. The van der Waals surface area contributed by atoms with Gasteiger partial charge in [-0.1, -0.05) is 17.5 Å². The molecule has 7 heteroatoms. The molecule has 0 aliphatic rings. The van der Waals surface area contributed by atoms with Gasteiger partial charge in [0, 0.05) is 29.7 Å². The maximum absolute atomic E-state index is 12.4. The average molecular weight is 393 g/mol. The number of fused-ring (bicyclic) bond motifs is 1. The van der Waals surface area contributed by atoms with Crippen molar-refractivity contribution in [1.82, 2.24) is 10.3 Å². The quantitative estimate of drug-likeness (QED) is 0.459. The van der Waals surface area contributed by atoms with Crippen molar-refractivity contribution in [2.24, 2.45) is 0 Å². The first kappa shape index (κ1) is 20.4. The topological polar surface area (TPSA) is 60.5 Å². The Bertz CT molecular complexity index is 874. The third-order valence-electron chi connectivity index (χ3n) is 3.47. The lowest BCUT2D eigenvalue weighted by Crippen LogP contribution is -2.49. The van der Waals surface area contributed by atoms with E-state index < -0.39 is 17.7 Å². The van der Waals surface area contributed by atoms with E-state index in [2.05, 4.69) is 22.1 Å². The molecule has 0 radical (unpaired) electrons. The van der Waals surface area contributed by atoms with E-state index in [1.807, 2.05) is 12.3 Å². The second kappa shape index (κ2) is 8.63. The number of benzene rings is 1. The summed E-state index contributed by atoms with van der Waals surface area (Å²) in [7, 11) is 1.40. The number of pyridine rings is 1. The van der Waals surface area contributed by atoms with Crippen molar-refractivity contribution < 1.29 is 14.3 Å². The first-order valence-corrected chi connectivity index (χ1v) is 9.48. The van der Waals surface area contributed by atoms with Crippen LogP contribution in [-0.4, -0.2) is 36.1 Å². The summed E-state index contributed by atoms with van der Waals surface area (Å²) in [6.45, 7) is 5.32. The van der Waals surface area contributed by atoms with E-state index in [0.717, 1.165) is 10.3 Å². The molecule has 2 rings (SSSR count). The molecule has 1 atom stereocenters. The summed E-state index contributed by atoms with van der Waals surface area (Å²) < 4.78 is 10.9. The number of aromatic nitrogens is 1. The summed E-state index contributed by atoms with van der Waals surface area (Å²) in [5.74, 6) is 5.70. The molecular weight excluding hydrogens is 372 g/mol. The van der Waals surface area contributed by atoms with Crippen molar-refractivity contribution in [3.05, 3.63) is 29.4 Å². The minimum atomic E-state index is -1.13. The smallest absolute Gasteiger partial charge is 0.290 e. The van der Waals surface area contributed by atoms with Gasteiger partial charge in [-0.05, 0) is 39.2 Å². The highest BCUT2D eigenvalue weighted by Crippen LogP contribution is 2.30. The monoisotopic (exact) mass is 392 g/mol. The minimum Gasteiger partial charge on any atom is -0.455 e. The van der Waals surface area contributed by atoms with Crippen LogP contribution in [0, 0.1) is 11.8 Å². The van der Waals surface area contributed by atoms with Crippen LogP contribution in [0.1, 0.15) is 20.8 Å². The van der Waals surface area contributed by atoms with Crippen molar-refractivity contribution in [3.8, 4) is 17.6 Å². The number of carbonyl (C=O) groups excluding carboxylic acids is 1. The molecule has 1 unspecified atom stereocenters. The largest absolute Gasteiger partial charge is 0.455 e. The molecule has 0 aliphatic heterocycles. The van der Waals surface area contributed by atoms with Crippen LogP contribution in [0.4, 0.5) is 0 Å². The highest BCUT2D eigenvalue weighted by atomic mass is 35.5. The molecule has 1 aromatic heterocycles. The molecule has 5 nitrogen and oxygen atoms in total. The normalized spacial score (nSPS) is 12.2. The predicted octanol–water partition coefficient (Wildman–Crippen LogP) is 3.88. The number of hydrogen-bond acceptors (Lipinski definition) is 5. The van der Waals surface area contributed by atoms with Gasteiger partial charge in [-0.15, -0.1) is 17.7 Å². The number of carbonyl (C=O) groups is 1. The Balaban J connectivity index is 2.26. The number of nitrogens with one attached hydrogen (secondary N) is 1. The molecule has 0 bridgehead atoms. The van der Waals surface area contributed by atoms with E-state index in [9.17, 15) is 4.79 Å². The number of amides is 1. The van der Waals surface area contributed by atoms with E-state index in [1.54, 1.807) is 50.9 Å². The summed E-state index contributed by atoms with van der Waals surface area (Å²) in [5.41, 5.74) is -0.0148. The molecular formula is C19H21ClN2O3S. The van der Waals surface area contributed by atoms with Gasteiger partial charge < -0.3 is 14.8 Å². The van der Waals surface area contributed by atoms with E-state index >= 15 is 0 Å². The number of halogens is 1. The van der Waals surface area contributed by atoms with Gasteiger partial charge in [0.05, 0.1) is 16.1 Å². The number of rotatable bonds is 6. The standard InChI is InChI=1S/C19H21ClN2O3S/c1-6-7-19(2,3)22-17(23)18(24-4)25-13-8-12-9-14(26-5)11-21-16(12)15(20)10-13/h8-11,18H,1-5H3,(H,22,23). The number of thioether (sulfide) groups is 1. The average Bonchev–Trinajstić information content (AvgIpc) is 2.58. The highest BCUT2D eigenvalue weighted by Gasteiger charge is 2.26. The van der Waals surface area contributed by atoms with Gasteiger partial charge >= 0.3 is 0 Å². The number of methoxy groups -OCH3 is 1. The van der Waals surface area contributed by atoms with Crippen LogP contribution in [0.5, 0.6) is 5.75 Å².